The molecule has 3 unspecified atom stereocenters. The molecule has 3 atom stereocenters. The summed E-state index contributed by atoms with van der Waals surface area (Å²) in [7, 11) is 0. The Bertz CT molecular complexity index is 2470. The predicted octanol–water partition coefficient (Wildman–Crippen LogP) is 7.77. The molecule has 5 aromatic carbocycles. The highest BCUT2D eigenvalue weighted by atomic mass is 16.7. The zero-order chi connectivity index (χ0) is 42.1. The second-order valence-electron chi connectivity index (χ2n) is 16.1. The van der Waals surface area contributed by atoms with Crippen molar-refractivity contribution < 1.29 is 24.2 Å². The minimum atomic E-state index is -0.588. The van der Waals surface area contributed by atoms with E-state index in [1.54, 1.807) is 12.1 Å². The summed E-state index contributed by atoms with van der Waals surface area (Å²) in [4.78, 5) is 43.5. The lowest BCUT2D eigenvalue weighted by Gasteiger charge is -2.40. The van der Waals surface area contributed by atoms with E-state index in [1.165, 1.54) is 0 Å². The number of piperidine rings is 1. The Morgan fingerprint density at radius 3 is 2.25 bits per heavy atom. The van der Waals surface area contributed by atoms with E-state index in [0.29, 0.717) is 50.0 Å². The molecule has 2 fully saturated rings. The smallest absolute Gasteiger partial charge is 0.326 e. The molecule has 2 amide bonds. The average Bonchev–Trinajstić information content (AvgIpc) is 3.63. The third-order valence-electron chi connectivity index (χ3n) is 11.9. The summed E-state index contributed by atoms with van der Waals surface area (Å²) in [5.41, 5.74) is 14.7. The molecule has 2 aliphatic heterocycles. The van der Waals surface area contributed by atoms with E-state index in [-0.39, 0.29) is 42.4 Å². The maximum atomic E-state index is 12.9. The van der Waals surface area contributed by atoms with E-state index >= 15 is 0 Å². The molecule has 0 radical (unpaired) electrons. The summed E-state index contributed by atoms with van der Waals surface area (Å²) < 4.78 is 15.3. The fraction of sp³-hybridized carbons (Fsp3) is 0.327. The van der Waals surface area contributed by atoms with Gasteiger partial charge in [-0.05, 0) is 77.8 Å². The van der Waals surface area contributed by atoms with Gasteiger partial charge in [-0.3, -0.25) is 14.2 Å². The number of nitrogen functional groups attached to an aromatic ring is 1. The van der Waals surface area contributed by atoms with Crippen molar-refractivity contribution in [1.29, 1.82) is 0 Å². The van der Waals surface area contributed by atoms with Crippen LogP contribution in [0.3, 0.4) is 0 Å². The summed E-state index contributed by atoms with van der Waals surface area (Å²) in [6, 6.07) is 39.4. The van der Waals surface area contributed by atoms with Crippen LogP contribution in [0.2, 0.25) is 0 Å². The van der Waals surface area contributed by atoms with E-state index in [0.717, 1.165) is 76.9 Å². The fourth-order valence-corrected chi connectivity index (χ4v) is 8.57. The largest absolute Gasteiger partial charge is 0.397 e. The number of imidazole rings is 1. The average molecular weight is 823 g/mol. The first-order valence-corrected chi connectivity index (χ1v) is 21.3. The molecule has 1 aromatic heterocycles. The molecule has 61 heavy (non-hydrogen) atoms. The highest BCUT2D eigenvalue weighted by Crippen LogP contribution is 2.39. The zero-order valence-electron chi connectivity index (χ0n) is 34.3. The van der Waals surface area contributed by atoms with Gasteiger partial charge in [-0.2, -0.15) is 0 Å². The number of aromatic nitrogens is 2. The van der Waals surface area contributed by atoms with Crippen LogP contribution in [0.25, 0.3) is 22.2 Å². The van der Waals surface area contributed by atoms with Crippen LogP contribution < -0.4 is 22.1 Å². The number of nitrogens with two attached hydrogens (primary N) is 1. The highest BCUT2D eigenvalue weighted by molar-refractivity contribution is 5.93. The summed E-state index contributed by atoms with van der Waals surface area (Å²) in [6.45, 7) is 2.83. The van der Waals surface area contributed by atoms with Gasteiger partial charge in [-0.1, -0.05) is 97.1 Å². The van der Waals surface area contributed by atoms with Gasteiger partial charge in [0, 0.05) is 57.0 Å². The zero-order valence-corrected chi connectivity index (χ0v) is 34.3. The van der Waals surface area contributed by atoms with Gasteiger partial charge in [0.25, 0.3) is 0 Å². The number of aliphatic hydroxyl groups excluding tert-OH is 1. The number of fused-ring (bicyclic) bond motifs is 1. The maximum absolute atomic E-state index is 12.9. The minimum absolute atomic E-state index is 0.0172. The number of nitrogens with zero attached hydrogens (tertiary/aromatic N) is 2. The number of hydrogen-bond acceptors (Lipinski definition) is 8. The number of likely N-dealkylation sites (tertiary alicyclic amines) is 1. The maximum Gasteiger partial charge on any atom is 0.326 e. The molecule has 2 aliphatic rings. The van der Waals surface area contributed by atoms with Crippen LogP contribution in [0, 0.1) is 0 Å². The number of nitrogens with one attached hydrogen (secondary N) is 3. The van der Waals surface area contributed by atoms with E-state index < -0.39 is 6.29 Å². The van der Waals surface area contributed by atoms with Crippen LogP contribution >= 0.6 is 0 Å². The number of ether oxygens (including phenoxy) is 2. The van der Waals surface area contributed by atoms with E-state index in [4.69, 9.17) is 15.2 Å². The van der Waals surface area contributed by atoms with Gasteiger partial charge < -0.3 is 40.8 Å². The van der Waals surface area contributed by atoms with Crippen molar-refractivity contribution in [2.45, 2.75) is 82.6 Å². The van der Waals surface area contributed by atoms with Crippen molar-refractivity contribution in [3.8, 4) is 11.1 Å². The fourth-order valence-electron chi connectivity index (χ4n) is 8.57. The minimum Gasteiger partial charge on any atom is -0.397 e. The quantitative estimate of drug-likeness (QED) is 0.0518. The van der Waals surface area contributed by atoms with Crippen molar-refractivity contribution in [3.05, 3.63) is 154 Å². The standard InChI is InChI=1S/C49H54N6O6/c50-41-11-3-4-12-42(41)52-47(58)16-8-7-15-46(57)51-30-37-9-1-2-10-40(37)34-21-23-36(24-22-34)48-60-39(29-45(61-48)35-19-17-33(32-56)18-20-35)31-54-27-25-38(26-28-54)55-44-14-6-5-13-43(44)53-49(55)59/h1-6,9-14,17-24,38-39,45,48,56H,7-8,15-16,25-32,50H2,(H,51,57)(H,52,58)(H,53,59). The van der Waals surface area contributed by atoms with Gasteiger partial charge >= 0.3 is 5.69 Å². The monoisotopic (exact) mass is 822 g/mol. The molecule has 0 saturated carbocycles. The van der Waals surface area contributed by atoms with Gasteiger partial charge in [0.15, 0.2) is 6.29 Å². The number of benzene rings is 5. The first-order valence-electron chi connectivity index (χ1n) is 21.3. The SMILES string of the molecule is Nc1ccccc1NC(=O)CCCCC(=O)NCc1ccccc1-c1ccc(C2OC(CN3CCC(n4c(=O)[nH]c5ccccc54)CC3)CC(c3ccc(CO)cc3)O2)cc1. The molecule has 0 spiro atoms. The normalized spacial score (nSPS) is 18.5. The Morgan fingerprint density at radius 1 is 0.787 bits per heavy atom. The highest BCUT2D eigenvalue weighted by Gasteiger charge is 2.34. The summed E-state index contributed by atoms with van der Waals surface area (Å²) in [5, 5.41) is 15.6. The third-order valence-corrected chi connectivity index (χ3v) is 11.9. The molecule has 6 N–H and O–H groups in total. The van der Waals surface area contributed by atoms with Crippen LogP contribution in [-0.4, -0.2) is 57.1 Å². The molecular weight excluding hydrogens is 769 g/mol. The molecular formula is C49H54N6O6. The van der Waals surface area contributed by atoms with Gasteiger partial charge in [0.1, 0.15) is 0 Å². The number of para-hydroxylation sites is 4. The Morgan fingerprint density at radius 2 is 1.48 bits per heavy atom. The second kappa shape index (κ2) is 19.6. The number of rotatable bonds is 15. The molecule has 12 nitrogen and oxygen atoms in total. The van der Waals surface area contributed by atoms with Crippen molar-refractivity contribution in [1.82, 2.24) is 19.8 Å². The number of aliphatic hydroxyl groups is 1. The lowest BCUT2D eigenvalue weighted by atomic mass is 9.97. The van der Waals surface area contributed by atoms with Crippen molar-refractivity contribution >= 4 is 34.2 Å². The van der Waals surface area contributed by atoms with Crippen LogP contribution in [0.15, 0.2) is 126 Å². The molecule has 0 aliphatic carbocycles. The number of carbonyl (C=O) groups is 2. The second-order valence-corrected chi connectivity index (χ2v) is 16.1. The van der Waals surface area contributed by atoms with Gasteiger partial charge in [0.2, 0.25) is 11.8 Å². The van der Waals surface area contributed by atoms with Crippen molar-refractivity contribution in [2.75, 3.05) is 30.7 Å². The lowest BCUT2D eigenvalue weighted by molar-refractivity contribution is -0.253. The van der Waals surface area contributed by atoms with Crippen LogP contribution in [0.4, 0.5) is 11.4 Å². The number of aromatic amines is 1. The van der Waals surface area contributed by atoms with Crippen molar-refractivity contribution in [2.24, 2.45) is 0 Å². The van der Waals surface area contributed by atoms with Gasteiger partial charge in [-0.25, -0.2) is 4.79 Å². The van der Waals surface area contributed by atoms with E-state index in [9.17, 15) is 19.5 Å². The topological polar surface area (TPSA) is 164 Å². The number of anilines is 2. The number of amides is 2. The van der Waals surface area contributed by atoms with Crippen LogP contribution in [-0.2, 0) is 32.2 Å². The summed E-state index contributed by atoms with van der Waals surface area (Å²) in [6.07, 6.45) is 3.39. The van der Waals surface area contributed by atoms with Crippen LogP contribution in [0.5, 0.6) is 0 Å². The Labute approximate surface area is 355 Å². The van der Waals surface area contributed by atoms with Crippen molar-refractivity contribution in [3.63, 3.8) is 0 Å². The molecule has 3 heterocycles. The molecule has 0 bridgehead atoms. The number of unbranched alkanes of at least 4 members (excludes halogenated alkanes) is 1. The first-order chi connectivity index (χ1) is 29.8. The Kier molecular flexibility index (Phi) is 13.4. The number of H-pyrrole nitrogens is 1. The summed E-state index contributed by atoms with van der Waals surface area (Å²) in [5.74, 6) is -0.184. The Balaban J connectivity index is 0.880. The van der Waals surface area contributed by atoms with E-state index in [1.807, 2.05) is 83.4 Å². The third kappa shape index (κ3) is 10.3. The summed E-state index contributed by atoms with van der Waals surface area (Å²) >= 11 is 0. The molecule has 6 aromatic rings. The number of carbonyl (C=O) groups excluding carboxylic acids is 2. The molecule has 8 rings (SSSR count). The van der Waals surface area contributed by atoms with Gasteiger partial charge in [0.05, 0.1) is 41.2 Å². The molecule has 2 saturated heterocycles. The Hall–Kier alpha value is -6.05. The van der Waals surface area contributed by atoms with Gasteiger partial charge in [-0.15, -0.1) is 0 Å². The van der Waals surface area contributed by atoms with Crippen LogP contribution in [0.1, 0.15) is 85.6 Å². The number of hydrogen-bond donors (Lipinski definition) is 5. The first kappa shape index (κ1) is 41.7. The molecule has 12 heteroatoms. The predicted molar refractivity (Wildman–Crippen MR) is 237 cm³/mol. The van der Waals surface area contributed by atoms with E-state index in [2.05, 4.69) is 50.8 Å². The molecule has 316 valence electrons. The lowest BCUT2D eigenvalue weighted by Crippen LogP contribution is -2.43.